The standard InChI is InChI=1S/C22H23N7OS/c1-23-31-10-8-29(9-11-31)21-5-2-16(13-25-21)22-19-12-18(3-4-20(19)27-28-22)30-14-17-6-7-24-15-26-17/h2-7,12-13,15H,8-11,14H2,1H3,(H,27,28). The molecule has 1 saturated heterocycles. The Kier molecular flexibility index (Phi) is 5.57. The number of fused-ring (bicyclic) bond motifs is 1. The van der Waals surface area contributed by atoms with Gasteiger partial charge in [0.2, 0.25) is 0 Å². The van der Waals surface area contributed by atoms with Gasteiger partial charge in [-0.2, -0.15) is 5.10 Å². The van der Waals surface area contributed by atoms with E-state index in [1.54, 1.807) is 6.20 Å². The average molecular weight is 434 g/mol. The van der Waals surface area contributed by atoms with Crippen LogP contribution >= 0.6 is 0 Å². The van der Waals surface area contributed by atoms with Crippen molar-refractivity contribution in [2.75, 3.05) is 36.5 Å². The third-order valence-electron chi connectivity index (χ3n) is 5.36. The Bertz CT molecular complexity index is 1200. The molecule has 4 aromatic rings. The molecular weight excluding hydrogens is 410 g/mol. The van der Waals surface area contributed by atoms with Crippen LogP contribution in [0.4, 0.5) is 5.82 Å². The van der Waals surface area contributed by atoms with Gasteiger partial charge in [0.25, 0.3) is 0 Å². The van der Waals surface area contributed by atoms with Gasteiger partial charge in [-0.1, -0.05) is 10.7 Å². The molecule has 1 aliphatic heterocycles. The van der Waals surface area contributed by atoms with Crippen LogP contribution in [0.25, 0.3) is 22.2 Å². The summed E-state index contributed by atoms with van der Waals surface area (Å²) in [5, 5.41) is 8.63. The summed E-state index contributed by atoms with van der Waals surface area (Å²) < 4.78 is 10.4. The Morgan fingerprint density at radius 3 is 2.77 bits per heavy atom. The number of benzene rings is 1. The van der Waals surface area contributed by atoms with Crippen LogP contribution in [0.1, 0.15) is 5.69 Å². The van der Waals surface area contributed by atoms with Gasteiger partial charge in [0.1, 0.15) is 30.2 Å². The molecule has 1 aromatic carbocycles. The van der Waals surface area contributed by atoms with Crippen molar-refractivity contribution in [3.63, 3.8) is 0 Å². The first kappa shape index (κ1) is 19.6. The van der Waals surface area contributed by atoms with Gasteiger partial charge in [-0.25, -0.2) is 15.0 Å². The fourth-order valence-electron chi connectivity index (χ4n) is 3.63. The number of aromatic amines is 1. The van der Waals surface area contributed by atoms with E-state index in [9.17, 15) is 0 Å². The fourth-order valence-corrected chi connectivity index (χ4v) is 5.07. The minimum atomic E-state index is 0.215. The maximum Gasteiger partial charge on any atom is 0.130 e. The summed E-state index contributed by atoms with van der Waals surface area (Å²) >= 11 is 0. The van der Waals surface area contributed by atoms with Crippen molar-refractivity contribution in [1.29, 1.82) is 0 Å². The SMILES string of the molecule is CN=S1CCN(c2ccc(-c3n[nH]c4ccc(OCc5ccncn5)cc34)cn2)CC1. The Morgan fingerprint density at radius 1 is 1.13 bits per heavy atom. The topological polar surface area (TPSA) is 92.2 Å². The molecule has 1 aliphatic rings. The number of nitrogens with one attached hydrogen (secondary N) is 1. The smallest absolute Gasteiger partial charge is 0.130 e. The predicted molar refractivity (Wildman–Crippen MR) is 123 cm³/mol. The van der Waals surface area contributed by atoms with Crippen LogP contribution < -0.4 is 9.64 Å². The average Bonchev–Trinajstić information content (AvgIpc) is 3.27. The van der Waals surface area contributed by atoms with Gasteiger partial charge in [0.15, 0.2) is 0 Å². The number of hydrogen-bond acceptors (Lipinski definition) is 7. The summed E-state index contributed by atoms with van der Waals surface area (Å²) in [4.78, 5) is 15.2. The molecule has 5 rings (SSSR count). The number of anilines is 1. The Hall–Kier alpha value is -3.33. The van der Waals surface area contributed by atoms with Crippen LogP contribution in [0.2, 0.25) is 0 Å². The highest BCUT2D eigenvalue weighted by Crippen LogP contribution is 2.30. The summed E-state index contributed by atoms with van der Waals surface area (Å²) in [5.74, 6) is 4.00. The molecule has 0 unspecified atom stereocenters. The zero-order chi connectivity index (χ0) is 21.0. The van der Waals surface area contributed by atoms with E-state index in [4.69, 9.17) is 9.72 Å². The summed E-state index contributed by atoms with van der Waals surface area (Å²) in [7, 11) is 2.14. The van der Waals surface area contributed by atoms with Crippen LogP contribution in [0.5, 0.6) is 5.75 Å². The van der Waals surface area contributed by atoms with E-state index < -0.39 is 0 Å². The Morgan fingerprint density at radius 2 is 2.03 bits per heavy atom. The van der Waals surface area contributed by atoms with E-state index >= 15 is 0 Å². The molecule has 0 radical (unpaired) electrons. The zero-order valence-corrected chi connectivity index (χ0v) is 18.0. The molecule has 8 nitrogen and oxygen atoms in total. The molecule has 1 fully saturated rings. The van der Waals surface area contributed by atoms with Crippen molar-refractivity contribution in [3.05, 3.63) is 60.8 Å². The van der Waals surface area contributed by atoms with Crippen LogP contribution in [0.3, 0.4) is 0 Å². The van der Waals surface area contributed by atoms with Crippen LogP contribution in [0.15, 0.2) is 59.5 Å². The van der Waals surface area contributed by atoms with E-state index in [0.29, 0.717) is 6.61 Å². The lowest BCUT2D eigenvalue weighted by Crippen LogP contribution is -2.38. The number of H-pyrrole nitrogens is 1. The second kappa shape index (κ2) is 8.81. The first-order chi connectivity index (χ1) is 15.3. The van der Waals surface area contributed by atoms with Gasteiger partial charge in [0, 0.05) is 55.0 Å². The molecule has 158 valence electrons. The highest BCUT2D eigenvalue weighted by atomic mass is 32.2. The molecule has 0 saturated carbocycles. The minimum Gasteiger partial charge on any atom is -0.487 e. The minimum absolute atomic E-state index is 0.215. The van der Waals surface area contributed by atoms with Gasteiger partial charge in [-0.05, 0) is 36.4 Å². The summed E-state index contributed by atoms with van der Waals surface area (Å²) in [6.45, 7) is 2.40. The van der Waals surface area contributed by atoms with Crippen LogP contribution in [-0.4, -0.2) is 56.8 Å². The van der Waals surface area contributed by atoms with Crippen molar-refractivity contribution in [2.45, 2.75) is 6.61 Å². The van der Waals surface area contributed by atoms with Crippen molar-refractivity contribution in [3.8, 4) is 17.0 Å². The molecular formula is C22H23N7OS. The third-order valence-corrected chi connectivity index (χ3v) is 7.19. The van der Waals surface area contributed by atoms with E-state index in [1.807, 2.05) is 37.5 Å². The van der Waals surface area contributed by atoms with Gasteiger partial charge in [-0.15, -0.1) is 0 Å². The first-order valence-electron chi connectivity index (χ1n) is 10.1. The third kappa shape index (κ3) is 4.27. The van der Waals surface area contributed by atoms with E-state index in [1.165, 1.54) is 6.33 Å². The lowest BCUT2D eigenvalue weighted by atomic mass is 10.1. The van der Waals surface area contributed by atoms with Crippen molar-refractivity contribution in [1.82, 2.24) is 25.1 Å². The summed E-state index contributed by atoms with van der Waals surface area (Å²) in [6.07, 6.45) is 5.13. The normalized spacial score (nSPS) is 14.7. The fraction of sp³-hybridized carbons (Fsp3) is 0.273. The molecule has 0 bridgehead atoms. The van der Waals surface area contributed by atoms with Crippen molar-refractivity contribution < 1.29 is 4.74 Å². The van der Waals surface area contributed by atoms with Gasteiger partial charge < -0.3 is 9.64 Å². The second-order valence-electron chi connectivity index (χ2n) is 7.21. The lowest BCUT2D eigenvalue weighted by Gasteiger charge is -2.29. The van der Waals surface area contributed by atoms with Crippen LogP contribution in [0, 0.1) is 0 Å². The monoisotopic (exact) mass is 433 g/mol. The number of pyridine rings is 1. The Balaban J connectivity index is 1.35. The number of rotatable bonds is 5. The highest BCUT2D eigenvalue weighted by Gasteiger charge is 2.16. The predicted octanol–water partition coefficient (Wildman–Crippen LogP) is 3.25. The van der Waals surface area contributed by atoms with Crippen LogP contribution in [-0.2, 0) is 17.3 Å². The number of nitrogens with zero attached hydrogens (tertiary/aromatic N) is 6. The van der Waals surface area contributed by atoms with Crippen molar-refractivity contribution in [2.24, 2.45) is 4.36 Å². The molecule has 31 heavy (non-hydrogen) atoms. The molecule has 0 aliphatic carbocycles. The second-order valence-corrected chi connectivity index (χ2v) is 9.32. The molecule has 3 aromatic heterocycles. The molecule has 0 atom stereocenters. The highest BCUT2D eigenvalue weighted by molar-refractivity contribution is 7.87. The van der Waals surface area contributed by atoms with E-state index in [0.717, 1.165) is 64.0 Å². The molecule has 0 spiro atoms. The number of hydrogen-bond donors (Lipinski definition) is 1. The molecule has 1 N–H and O–H groups in total. The Labute approximate surface area is 182 Å². The maximum atomic E-state index is 5.92. The number of aromatic nitrogens is 5. The molecule has 0 amide bonds. The first-order valence-corrected chi connectivity index (χ1v) is 11.7. The molecule has 4 heterocycles. The lowest BCUT2D eigenvalue weighted by molar-refractivity contribution is 0.301. The van der Waals surface area contributed by atoms with Gasteiger partial charge >= 0.3 is 0 Å². The maximum absolute atomic E-state index is 5.92. The van der Waals surface area contributed by atoms with Gasteiger partial charge in [0.05, 0.1) is 11.2 Å². The molecule has 9 heteroatoms. The quantitative estimate of drug-likeness (QED) is 0.519. The van der Waals surface area contributed by atoms with Gasteiger partial charge in [-0.3, -0.25) is 9.46 Å². The van der Waals surface area contributed by atoms with E-state index in [2.05, 4.69) is 41.6 Å². The largest absolute Gasteiger partial charge is 0.487 e. The zero-order valence-electron chi connectivity index (χ0n) is 17.2. The van der Waals surface area contributed by atoms with Crippen molar-refractivity contribution >= 4 is 27.4 Å². The van der Waals surface area contributed by atoms with E-state index in [-0.39, 0.29) is 10.7 Å². The summed E-state index contributed by atoms with van der Waals surface area (Å²) in [6, 6.07) is 11.9. The summed E-state index contributed by atoms with van der Waals surface area (Å²) in [5.41, 5.74) is 3.63. The number of ether oxygens (including phenoxy) is 1.